The van der Waals surface area contributed by atoms with E-state index in [2.05, 4.69) is 4.99 Å². The maximum Gasteiger partial charge on any atom is 0.411 e. The van der Waals surface area contributed by atoms with E-state index >= 15 is 0 Å². The van der Waals surface area contributed by atoms with Gasteiger partial charge in [0.2, 0.25) is 0 Å². The van der Waals surface area contributed by atoms with Gasteiger partial charge in [-0.1, -0.05) is 27.7 Å². The molecule has 0 spiro atoms. The summed E-state index contributed by atoms with van der Waals surface area (Å²) < 4.78 is 51.4. The Kier molecular flexibility index (Phi) is 19.6. The topological polar surface area (TPSA) is 184 Å². The molecule has 16 nitrogen and oxygen atoms in total. The molecule has 4 fully saturated rings. The Balaban J connectivity index is 0.0000102. The fourth-order valence-corrected chi connectivity index (χ4v) is 10.6. The second kappa shape index (κ2) is 21.9. The molecule has 1 amide bonds. The van der Waals surface area contributed by atoms with Crippen molar-refractivity contribution in [3.8, 4) is 0 Å². The Hall–Kier alpha value is -0.838. The van der Waals surface area contributed by atoms with Crippen LogP contribution >= 0.6 is 0 Å². The largest absolute Gasteiger partial charge is 0.458 e. The fourth-order valence-electron chi connectivity index (χ4n) is 10.6. The number of ether oxygens (including phenoxy) is 8. The molecule has 18 atom stereocenters. The van der Waals surface area contributed by atoms with E-state index in [9.17, 15) is 24.6 Å². The summed E-state index contributed by atoms with van der Waals surface area (Å²) in [7, 11) is 6.85. The monoisotopic (exact) mass is 1100 g/mol. The number of methoxy groups -OCH3 is 2. The van der Waals surface area contributed by atoms with Crippen molar-refractivity contribution in [3.05, 3.63) is 0 Å². The second-order valence-electron chi connectivity index (χ2n) is 19.8. The van der Waals surface area contributed by atoms with E-state index in [1.807, 2.05) is 74.4 Å². The predicted octanol–water partition coefficient (Wildman–Crippen LogP) is 4.78. The minimum atomic E-state index is -1.43. The standard InChI is InChI=1S/C45H79N3O13.Ac/c1-18-31-45(13)36(48(41(53)61-45)23-42(9,10)46-19-2)26(5)33(49)24(3)21-44(12,55-17)38(60-40-34(50)30(47(14)15)20-25(4)56-40)27(6)35(28(7)39(52)58-31)59-32-22-43(11,54-16)37(51)29(8)57-32;/h19,24-32,34-38,40,50-51H,18,20-23H2,1-17H3;. The molecule has 4 aliphatic heterocycles. The van der Waals surface area contributed by atoms with E-state index < -0.39 is 113 Å². The van der Waals surface area contributed by atoms with Crippen molar-refractivity contribution in [2.75, 3.05) is 34.9 Å². The van der Waals surface area contributed by atoms with Crippen LogP contribution in [0.15, 0.2) is 4.99 Å². The minimum absolute atomic E-state index is 0. The normalized spacial score (nSPS) is 44.1. The number of fused-ring (bicyclic) bond motifs is 1. The van der Waals surface area contributed by atoms with Gasteiger partial charge in [-0.15, -0.1) is 0 Å². The van der Waals surface area contributed by atoms with E-state index in [-0.39, 0.29) is 87.8 Å². The van der Waals surface area contributed by atoms with E-state index in [1.165, 1.54) is 7.11 Å². The van der Waals surface area contributed by atoms with Gasteiger partial charge in [-0.3, -0.25) is 19.5 Å². The minimum Gasteiger partial charge on any atom is -0.458 e. The number of hydrogen-bond donors (Lipinski definition) is 2. The summed E-state index contributed by atoms with van der Waals surface area (Å²) in [6.45, 7) is 23.9. The summed E-state index contributed by atoms with van der Waals surface area (Å²) in [6.07, 6.45) is -5.80. The van der Waals surface area contributed by atoms with Crippen molar-refractivity contribution < 1.29 is 107 Å². The Morgan fingerprint density at radius 3 is 2.10 bits per heavy atom. The molecule has 1 radical (unpaired) electrons. The van der Waals surface area contributed by atoms with Gasteiger partial charge in [-0.25, -0.2) is 4.79 Å². The van der Waals surface area contributed by atoms with Crippen LogP contribution in [-0.2, 0) is 47.5 Å². The van der Waals surface area contributed by atoms with Crippen molar-refractivity contribution in [1.82, 2.24) is 9.80 Å². The smallest absolute Gasteiger partial charge is 0.411 e. The molecule has 0 aromatic carbocycles. The number of nitrogens with zero attached hydrogens (tertiary/aromatic N) is 3. The Bertz CT molecular complexity index is 1560. The Morgan fingerprint density at radius 1 is 0.935 bits per heavy atom. The number of aliphatic imine (C=N–C) groups is 1. The summed E-state index contributed by atoms with van der Waals surface area (Å²) in [4.78, 5) is 51.9. The number of ketones is 1. The summed E-state index contributed by atoms with van der Waals surface area (Å²) in [5.41, 5.74) is -4.45. The van der Waals surface area contributed by atoms with Crippen LogP contribution in [0.3, 0.4) is 0 Å². The quantitative estimate of drug-likeness (QED) is 0.213. The third-order valence-electron chi connectivity index (χ3n) is 14.2. The van der Waals surface area contributed by atoms with E-state index in [0.717, 1.165) is 0 Å². The molecule has 355 valence electrons. The fraction of sp³-hybridized carbons (Fsp3) is 0.911. The van der Waals surface area contributed by atoms with Gasteiger partial charge in [0.15, 0.2) is 18.2 Å². The number of Topliss-reactive ketones (excluding diaryl/α,β-unsaturated/α-hetero) is 1. The van der Waals surface area contributed by atoms with E-state index in [0.29, 0.717) is 6.42 Å². The molecule has 0 aliphatic carbocycles. The zero-order chi connectivity index (χ0) is 46.2. The zero-order valence-corrected chi connectivity index (χ0v) is 45.3. The Labute approximate surface area is 406 Å². The van der Waals surface area contributed by atoms with Crippen LogP contribution in [0.2, 0.25) is 0 Å². The van der Waals surface area contributed by atoms with Crippen LogP contribution in [0, 0.1) is 67.7 Å². The molecule has 4 rings (SSSR count). The van der Waals surface area contributed by atoms with Crippen molar-refractivity contribution in [2.24, 2.45) is 28.7 Å². The molecular weight excluding hydrogens is 1020 g/mol. The first-order chi connectivity index (χ1) is 28.2. The van der Waals surface area contributed by atoms with Crippen LogP contribution in [0.1, 0.15) is 116 Å². The first-order valence-corrected chi connectivity index (χ1v) is 22.2. The molecular formula is C45H79AcN3O13. The van der Waals surface area contributed by atoms with Gasteiger partial charge in [0.25, 0.3) is 0 Å². The summed E-state index contributed by atoms with van der Waals surface area (Å²) in [6, 6.07) is -1.13. The SMILES string of the molecule is CC=NC(C)(C)CN1C(=O)OC2(C)C(CC)OC(=O)C(C)C(OC3CC(C)(OC)C(O)C(C)O3)C(C)C(OC3OC(C)CC(N(C)C)C3O)C(C)(OC)CC(C)C(=O)C(C)C12.[Ac]. The van der Waals surface area contributed by atoms with Crippen molar-refractivity contribution in [2.45, 2.75) is 205 Å². The zero-order valence-electron chi connectivity index (χ0n) is 40.6. The van der Waals surface area contributed by atoms with Gasteiger partial charge in [0, 0.05) is 95.0 Å². The average molecular weight is 1100 g/mol. The molecule has 4 saturated heterocycles. The van der Waals surface area contributed by atoms with Crippen LogP contribution < -0.4 is 0 Å². The van der Waals surface area contributed by atoms with Crippen LogP contribution in [0.4, 0.5) is 4.79 Å². The van der Waals surface area contributed by atoms with Gasteiger partial charge >= 0.3 is 12.1 Å². The molecule has 0 bridgehead atoms. The molecule has 62 heavy (non-hydrogen) atoms. The number of rotatable bonds is 11. The third-order valence-corrected chi connectivity index (χ3v) is 14.2. The van der Waals surface area contributed by atoms with Crippen molar-refractivity contribution >= 4 is 24.1 Å². The number of aliphatic hydroxyl groups excluding tert-OH is 2. The van der Waals surface area contributed by atoms with E-state index in [1.54, 1.807) is 52.8 Å². The van der Waals surface area contributed by atoms with Gasteiger partial charge in [0.05, 0.1) is 53.1 Å². The number of likely N-dealkylation sites (N-methyl/N-ethyl adjacent to an activating group) is 1. The number of carbonyl (C=O) groups is 3. The van der Waals surface area contributed by atoms with Gasteiger partial charge < -0.3 is 53.0 Å². The summed E-state index contributed by atoms with van der Waals surface area (Å²) >= 11 is 0. The van der Waals surface area contributed by atoms with Gasteiger partial charge in [-0.05, 0) is 102 Å². The molecule has 0 aromatic heterocycles. The Morgan fingerprint density at radius 2 is 1.55 bits per heavy atom. The van der Waals surface area contributed by atoms with Crippen LogP contribution in [-0.4, -0.2) is 169 Å². The molecule has 4 heterocycles. The predicted molar refractivity (Wildman–Crippen MR) is 228 cm³/mol. The van der Waals surface area contributed by atoms with Gasteiger partial charge in [-0.2, -0.15) is 0 Å². The van der Waals surface area contributed by atoms with Crippen LogP contribution in [0.25, 0.3) is 0 Å². The van der Waals surface area contributed by atoms with Crippen LogP contribution in [0.5, 0.6) is 0 Å². The molecule has 18 unspecified atom stereocenters. The second-order valence-corrected chi connectivity index (χ2v) is 19.8. The molecule has 0 aromatic rings. The average Bonchev–Trinajstić information content (AvgIpc) is 3.43. The molecule has 2 N–H and O–H groups in total. The van der Waals surface area contributed by atoms with Crippen molar-refractivity contribution in [3.63, 3.8) is 0 Å². The van der Waals surface area contributed by atoms with Gasteiger partial charge in [0.1, 0.15) is 24.1 Å². The third kappa shape index (κ3) is 11.6. The first-order valence-electron chi connectivity index (χ1n) is 22.2. The number of cyclic esters (lactones) is 1. The molecule has 0 saturated carbocycles. The van der Waals surface area contributed by atoms with E-state index in [4.69, 9.17) is 37.9 Å². The number of carbonyl (C=O) groups excluding carboxylic acids is 3. The number of amides is 1. The van der Waals surface area contributed by atoms with Crippen molar-refractivity contribution in [1.29, 1.82) is 0 Å². The maximum atomic E-state index is 15.0. The summed E-state index contributed by atoms with van der Waals surface area (Å²) in [5.74, 6) is -3.93. The molecule has 17 heteroatoms. The molecule has 4 aliphatic rings. The summed E-state index contributed by atoms with van der Waals surface area (Å²) in [5, 5.41) is 22.8. The number of esters is 1. The maximum absolute atomic E-state index is 15.0. The number of aliphatic hydroxyl groups is 2. The first kappa shape index (κ1) is 55.5. The number of hydrogen-bond acceptors (Lipinski definition) is 15.